The number of aliphatic hydroxyl groups is 1. The number of aliphatic hydroxyl groups excluding tert-OH is 1. The number of quaternary nitrogens is 1. The number of hydrogen-bond donors (Lipinski definition) is 2. The third-order valence-corrected chi connectivity index (χ3v) is 18.3. The van der Waals surface area contributed by atoms with Crippen molar-refractivity contribution >= 4 is 13.7 Å². The minimum Gasteiger partial charge on any atom is -0.756 e. The third-order valence-electron chi connectivity index (χ3n) is 17.4. The first-order valence-corrected chi connectivity index (χ1v) is 39.9. The van der Waals surface area contributed by atoms with Crippen LogP contribution in [0.2, 0.25) is 0 Å². The highest BCUT2D eigenvalue weighted by molar-refractivity contribution is 7.45. The van der Waals surface area contributed by atoms with Gasteiger partial charge < -0.3 is 28.8 Å². The van der Waals surface area contributed by atoms with E-state index in [0.29, 0.717) is 17.4 Å². The summed E-state index contributed by atoms with van der Waals surface area (Å²) in [6.07, 6.45) is 100. The number of rotatable bonds is 71. The zero-order valence-electron chi connectivity index (χ0n) is 59.6. The highest BCUT2D eigenvalue weighted by Gasteiger charge is 2.23. The summed E-state index contributed by atoms with van der Waals surface area (Å²) in [4.78, 5) is 25.7. The van der Waals surface area contributed by atoms with Crippen LogP contribution in [0.5, 0.6) is 0 Å². The second kappa shape index (κ2) is 70.0. The van der Waals surface area contributed by atoms with Gasteiger partial charge in [0.15, 0.2) is 0 Å². The maximum absolute atomic E-state index is 13.1. The monoisotopic (exact) mass is 1270 g/mol. The van der Waals surface area contributed by atoms with Gasteiger partial charge in [0.05, 0.1) is 39.9 Å². The molecule has 0 aliphatic carbocycles. The quantitative estimate of drug-likeness (QED) is 0.0272. The van der Waals surface area contributed by atoms with E-state index in [1.54, 1.807) is 6.08 Å². The van der Waals surface area contributed by atoms with Gasteiger partial charge in [-0.15, -0.1) is 0 Å². The predicted molar refractivity (Wildman–Crippen MR) is 390 cm³/mol. The van der Waals surface area contributed by atoms with E-state index >= 15 is 0 Å². The Morgan fingerprint density at radius 2 is 0.685 bits per heavy atom. The number of allylic oxidation sites excluding steroid dienone is 13. The first-order valence-electron chi connectivity index (χ1n) is 38.4. The van der Waals surface area contributed by atoms with E-state index in [1.165, 1.54) is 270 Å². The van der Waals surface area contributed by atoms with Gasteiger partial charge in [0.25, 0.3) is 7.82 Å². The normalized spacial score (nSPS) is 14.0. The van der Waals surface area contributed by atoms with Crippen molar-refractivity contribution in [2.75, 3.05) is 40.9 Å². The molecule has 0 aliphatic heterocycles. The van der Waals surface area contributed by atoms with Crippen molar-refractivity contribution in [2.45, 2.75) is 379 Å². The van der Waals surface area contributed by atoms with Crippen LogP contribution in [-0.2, 0) is 18.4 Å². The van der Waals surface area contributed by atoms with Gasteiger partial charge in [0.1, 0.15) is 13.2 Å². The summed E-state index contributed by atoms with van der Waals surface area (Å²) in [5, 5.41) is 14.0. The average Bonchev–Trinajstić information content (AvgIpc) is 3.55. The van der Waals surface area contributed by atoms with Crippen molar-refractivity contribution < 1.29 is 32.9 Å². The molecule has 8 nitrogen and oxygen atoms in total. The zero-order valence-corrected chi connectivity index (χ0v) is 60.5. The van der Waals surface area contributed by atoms with Crippen LogP contribution in [0.1, 0.15) is 367 Å². The molecule has 9 heteroatoms. The summed E-state index contributed by atoms with van der Waals surface area (Å²) in [5.41, 5.74) is 0. The highest BCUT2D eigenvalue weighted by Crippen LogP contribution is 2.38. The molecule has 0 aromatic carbocycles. The summed E-state index contributed by atoms with van der Waals surface area (Å²) in [6, 6.07) is -0.890. The molecule has 0 aliphatic rings. The molecular formula is C80H149N2O6P. The lowest BCUT2D eigenvalue weighted by molar-refractivity contribution is -0.870. The molecule has 0 aromatic rings. The molecule has 3 atom stereocenters. The van der Waals surface area contributed by atoms with E-state index < -0.39 is 20.0 Å². The van der Waals surface area contributed by atoms with Crippen LogP contribution in [-0.4, -0.2) is 68.5 Å². The number of phosphoric ester groups is 1. The molecule has 2 N–H and O–H groups in total. The summed E-state index contributed by atoms with van der Waals surface area (Å²) >= 11 is 0. The molecule has 0 bridgehead atoms. The largest absolute Gasteiger partial charge is 0.756 e. The van der Waals surface area contributed by atoms with Crippen molar-refractivity contribution in [2.24, 2.45) is 0 Å². The number of amides is 1. The van der Waals surface area contributed by atoms with E-state index in [9.17, 15) is 19.4 Å². The Kier molecular flexibility index (Phi) is 68.2. The van der Waals surface area contributed by atoms with Crippen LogP contribution in [0.15, 0.2) is 85.1 Å². The Hall–Kier alpha value is -2.32. The minimum absolute atomic E-state index is 0.00101. The smallest absolute Gasteiger partial charge is 0.268 e. The molecule has 89 heavy (non-hydrogen) atoms. The molecule has 0 fully saturated rings. The first kappa shape index (κ1) is 86.7. The van der Waals surface area contributed by atoms with Gasteiger partial charge in [0.2, 0.25) is 5.91 Å². The molecule has 0 spiro atoms. The van der Waals surface area contributed by atoms with Gasteiger partial charge in [-0.05, 0) is 70.6 Å². The Labute approximate surface area is 554 Å². The lowest BCUT2D eigenvalue weighted by atomic mass is 10.0. The maximum Gasteiger partial charge on any atom is 0.268 e. The molecule has 0 saturated heterocycles. The number of unbranched alkanes of at least 4 members (excludes halogenated alkanes) is 46. The number of phosphoric acid groups is 1. The molecule has 0 aromatic heterocycles. The van der Waals surface area contributed by atoms with Crippen molar-refractivity contribution in [3.05, 3.63) is 85.1 Å². The molecule has 1 amide bonds. The Morgan fingerprint density at radius 1 is 0.404 bits per heavy atom. The fraction of sp³-hybridized carbons (Fsp3) is 0.812. The number of nitrogens with zero attached hydrogens (tertiary/aromatic N) is 1. The van der Waals surface area contributed by atoms with E-state index in [1.807, 2.05) is 27.2 Å². The molecule has 0 rings (SSSR count). The van der Waals surface area contributed by atoms with Crippen LogP contribution in [0.4, 0.5) is 0 Å². The summed E-state index contributed by atoms with van der Waals surface area (Å²) in [5.74, 6) is -0.192. The van der Waals surface area contributed by atoms with E-state index in [2.05, 4.69) is 92.1 Å². The maximum atomic E-state index is 13.1. The standard InChI is InChI=1S/C80H149N2O6P/c1-6-8-10-12-14-16-18-20-22-24-26-28-30-32-34-36-37-38-39-40-41-42-43-44-45-46-48-50-52-54-56-58-60-62-64-66-68-70-72-74-80(84)81-78(77-88-89(85,86)87-76-75-82(3,4)5)79(83)73-71-69-67-65-63-61-59-57-55-53-51-49-47-35-33-31-29-27-25-23-21-19-17-15-13-11-9-7-2/h8,10,14,16,20,22,26,28,32,34,37-38,71,73,78-79,83H,6-7,9,11-13,15,17-19,21,23-25,27,29-31,33,35-36,39-70,72,74-77H2,1-5H3,(H-,81,84,85,86)/b10-8-,16-14-,22-20-,28-26-,34-32-,38-37-,73-71+. The van der Waals surface area contributed by atoms with Crippen molar-refractivity contribution in [1.82, 2.24) is 5.32 Å². The SMILES string of the molecule is CC/C=C\C/C=C\C/C=C\C/C=C\C/C=C\C/C=C\CCCCCCCCCCCCCCCCCCCCCCC(=O)NC(COP(=O)([O-])OCC[N+](C)(C)C)C(O)/C=C/CCCCCCCCCCCCCCCCCCCCCCCCCCCC. The van der Waals surface area contributed by atoms with Gasteiger partial charge >= 0.3 is 0 Å². The molecular weight excluding hydrogens is 1120 g/mol. The van der Waals surface area contributed by atoms with Crippen molar-refractivity contribution in [3.8, 4) is 0 Å². The summed E-state index contributed by atoms with van der Waals surface area (Å²) < 4.78 is 23.5. The number of carbonyl (C=O) groups excluding carboxylic acids is 1. The van der Waals surface area contributed by atoms with Crippen LogP contribution in [0.3, 0.4) is 0 Å². The molecule has 0 saturated carbocycles. The second-order valence-corrected chi connectivity index (χ2v) is 28.7. The van der Waals surface area contributed by atoms with E-state index in [0.717, 1.165) is 77.0 Å². The number of nitrogens with one attached hydrogen (secondary N) is 1. The Bertz CT molecular complexity index is 1730. The van der Waals surface area contributed by atoms with Gasteiger partial charge in [-0.2, -0.15) is 0 Å². The lowest BCUT2D eigenvalue weighted by Gasteiger charge is -2.29. The van der Waals surface area contributed by atoms with Crippen LogP contribution in [0.25, 0.3) is 0 Å². The third kappa shape index (κ3) is 73.0. The second-order valence-electron chi connectivity index (χ2n) is 27.3. The molecule has 3 unspecified atom stereocenters. The zero-order chi connectivity index (χ0) is 64.8. The van der Waals surface area contributed by atoms with Crippen LogP contribution in [0, 0.1) is 0 Å². The van der Waals surface area contributed by atoms with Gasteiger partial charge in [0, 0.05) is 6.42 Å². The lowest BCUT2D eigenvalue weighted by Crippen LogP contribution is -2.45. The van der Waals surface area contributed by atoms with Crippen molar-refractivity contribution in [1.29, 1.82) is 0 Å². The summed E-state index contributed by atoms with van der Waals surface area (Å²) in [6.45, 7) is 4.58. The first-order chi connectivity index (χ1) is 43.5. The number of hydrogen-bond acceptors (Lipinski definition) is 6. The topological polar surface area (TPSA) is 108 Å². The summed E-state index contributed by atoms with van der Waals surface area (Å²) in [7, 11) is 1.27. The molecule has 0 heterocycles. The Morgan fingerprint density at radius 3 is 1.00 bits per heavy atom. The van der Waals surface area contributed by atoms with E-state index in [-0.39, 0.29) is 19.1 Å². The molecule has 0 radical (unpaired) electrons. The fourth-order valence-electron chi connectivity index (χ4n) is 11.5. The highest BCUT2D eigenvalue weighted by atomic mass is 31.2. The Balaban J connectivity index is 3.98. The average molecular weight is 1270 g/mol. The van der Waals surface area contributed by atoms with Crippen molar-refractivity contribution in [3.63, 3.8) is 0 Å². The van der Waals surface area contributed by atoms with Crippen LogP contribution < -0.4 is 10.2 Å². The number of likely N-dealkylation sites (N-methyl/N-ethyl adjacent to an activating group) is 1. The van der Waals surface area contributed by atoms with Gasteiger partial charge in [-0.1, -0.05) is 375 Å². The fourth-order valence-corrected chi connectivity index (χ4v) is 12.2. The molecule has 520 valence electrons. The van der Waals surface area contributed by atoms with Gasteiger partial charge in [-0.25, -0.2) is 0 Å². The van der Waals surface area contributed by atoms with Crippen LogP contribution >= 0.6 is 7.82 Å². The minimum atomic E-state index is -4.61. The number of carbonyl (C=O) groups is 1. The predicted octanol–water partition coefficient (Wildman–Crippen LogP) is 24.4. The van der Waals surface area contributed by atoms with E-state index in [4.69, 9.17) is 9.05 Å². The van der Waals surface area contributed by atoms with Gasteiger partial charge in [-0.3, -0.25) is 9.36 Å².